The number of carboxylic acids is 1. The molecule has 1 saturated carbocycles. The SMILES string of the molecule is Cc1cnn(Cc2cc(C(=O)NCC3(C(=O)O)CCCCC3)no2)c1. The highest BCUT2D eigenvalue weighted by molar-refractivity contribution is 5.92. The van der Waals surface area contributed by atoms with Gasteiger partial charge in [-0.1, -0.05) is 24.4 Å². The lowest BCUT2D eigenvalue weighted by Crippen LogP contribution is -2.44. The van der Waals surface area contributed by atoms with Gasteiger partial charge < -0.3 is 14.9 Å². The lowest BCUT2D eigenvalue weighted by atomic mass is 9.74. The molecule has 0 spiro atoms. The Bertz CT molecular complexity index is 758. The van der Waals surface area contributed by atoms with Crippen molar-refractivity contribution in [3.63, 3.8) is 0 Å². The number of rotatable bonds is 6. The van der Waals surface area contributed by atoms with Crippen molar-refractivity contribution in [1.82, 2.24) is 20.3 Å². The molecule has 2 aromatic rings. The summed E-state index contributed by atoms with van der Waals surface area (Å²) in [4.78, 5) is 23.9. The number of aliphatic carboxylic acids is 1. The Morgan fingerprint density at radius 3 is 2.76 bits per heavy atom. The third-order valence-corrected chi connectivity index (χ3v) is 4.72. The van der Waals surface area contributed by atoms with Crippen LogP contribution in [0.1, 0.15) is 53.9 Å². The Kier molecular flexibility index (Phi) is 4.87. The first-order chi connectivity index (χ1) is 12.0. The molecule has 134 valence electrons. The zero-order valence-corrected chi connectivity index (χ0v) is 14.2. The van der Waals surface area contributed by atoms with E-state index in [1.807, 2.05) is 13.1 Å². The number of aromatic nitrogens is 3. The van der Waals surface area contributed by atoms with Crippen LogP contribution in [0.15, 0.2) is 23.0 Å². The van der Waals surface area contributed by atoms with E-state index in [1.54, 1.807) is 16.9 Å². The summed E-state index contributed by atoms with van der Waals surface area (Å²) in [6.45, 7) is 2.43. The summed E-state index contributed by atoms with van der Waals surface area (Å²) in [7, 11) is 0. The molecule has 0 atom stereocenters. The summed E-state index contributed by atoms with van der Waals surface area (Å²) < 4.78 is 6.87. The minimum absolute atomic E-state index is 0.113. The van der Waals surface area contributed by atoms with Gasteiger partial charge in [-0.3, -0.25) is 14.3 Å². The summed E-state index contributed by atoms with van der Waals surface area (Å²) >= 11 is 0. The number of carbonyl (C=O) groups excluding carboxylic acids is 1. The average molecular weight is 346 g/mol. The number of hydrogen-bond acceptors (Lipinski definition) is 5. The number of aryl methyl sites for hydroxylation is 1. The predicted molar refractivity (Wildman–Crippen MR) is 88.1 cm³/mol. The zero-order valence-electron chi connectivity index (χ0n) is 14.2. The van der Waals surface area contributed by atoms with Gasteiger partial charge in [-0.25, -0.2) is 0 Å². The molecular formula is C17H22N4O4. The lowest BCUT2D eigenvalue weighted by molar-refractivity contribution is -0.150. The summed E-state index contributed by atoms with van der Waals surface area (Å²) in [6.07, 6.45) is 7.57. The molecule has 0 unspecified atom stereocenters. The number of hydrogen-bond donors (Lipinski definition) is 2. The van der Waals surface area contributed by atoms with Gasteiger partial charge in [-0.15, -0.1) is 0 Å². The van der Waals surface area contributed by atoms with Crippen molar-refractivity contribution >= 4 is 11.9 Å². The van der Waals surface area contributed by atoms with Crippen molar-refractivity contribution in [2.45, 2.75) is 45.6 Å². The van der Waals surface area contributed by atoms with Crippen molar-refractivity contribution in [3.8, 4) is 0 Å². The van der Waals surface area contributed by atoms with Crippen molar-refractivity contribution in [1.29, 1.82) is 0 Å². The van der Waals surface area contributed by atoms with Gasteiger partial charge in [-0.2, -0.15) is 5.10 Å². The normalized spacial score (nSPS) is 16.5. The van der Waals surface area contributed by atoms with E-state index >= 15 is 0 Å². The molecule has 25 heavy (non-hydrogen) atoms. The molecule has 8 nitrogen and oxygen atoms in total. The number of carbonyl (C=O) groups is 2. The van der Waals surface area contributed by atoms with Gasteiger partial charge >= 0.3 is 5.97 Å². The first-order valence-corrected chi connectivity index (χ1v) is 8.45. The monoisotopic (exact) mass is 346 g/mol. The van der Waals surface area contributed by atoms with E-state index in [-0.39, 0.29) is 12.2 Å². The molecule has 0 aliphatic heterocycles. The zero-order chi connectivity index (χ0) is 17.9. The molecule has 2 N–H and O–H groups in total. The lowest BCUT2D eigenvalue weighted by Gasteiger charge is -2.33. The third-order valence-electron chi connectivity index (χ3n) is 4.72. The number of amides is 1. The molecule has 0 saturated heterocycles. The van der Waals surface area contributed by atoms with Crippen LogP contribution >= 0.6 is 0 Å². The van der Waals surface area contributed by atoms with Crippen molar-refractivity contribution in [3.05, 3.63) is 35.5 Å². The van der Waals surface area contributed by atoms with Crippen LogP contribution in [-0.2, 0) is 11.3 Å². The third kappa shape index (κ3) is 3.89. The molecule has 0 radical (unpaired) electrons. The largest absolute Gasteiger partial charge is 0.481 e. The molecule has 2 aromatic heterocycles. The van der Waals surface area contributed by atoms with E-state index in [9.17, 15) is 14.7 Å². The van der Waals surface area contributed by atoms with Crippen molar-refractivity contribution < 1.29 is 19.2 Å². The Morgan fingerprint density at radius 1 is 1.36 bits per heavy atom. The Hall–Kier alpha value is -2.64. The van der Waals surface area contributed by atoms with Crippen molar-refractivity contribution in [2.75, 3.05) is 6.54 Å². The summed E-state index contributed by atoms with van der Waals surface area (Å²) in [6, 6.07) is 1.56. The molecule has 3 rings (SSSR count). The first kappa shape index (κ1) is 17.2. The molecule has 2 heterocycles. The predicted octanol–water partition coefficient (Wildman–Crippen LogP) is 1.99. The molecule has 0 aromatic carbocycles. The van der Waals surface area contributed by atoms with E-state index in [2.05, 4.69) is 15.6 Å². The fourth-order valence-electron chi connectivity index (χ4n) is 3.24. The van der Waals surface area contributed by atoms with Crippen LogP contribution in [0.2, 0.25) is 0 Å². The molecule has 1 aliphatic carbocycles. The number of nitrogens with zero attached hydrogens (tertiary/aromatic N) is 3. The minimum Gasteiger partial charge on any atom is -0.481 e. The topological polar surface area (TPSA) is 110 Å². The van der Waals surface area contributed by atoms with Gasteiger partial charge in [0.05, 0.1) is 11.6 Å². The van der Waals surface area contributed by atoms with Crippen LogP contribution in [0.3, 0.4) is 0 Å². The number of nitrogens with one attached hydrogen (secondary N) is 1. The van der Waals surface area contributed by atoms with Crippen LogP contribution in [0.25, 0.3) is 0 Å². The maximum atomic E-state index is 12.3. The van der Waals surface area contributed by atoms with E-state index in [4.69, 9.17) is 4.52 Å². The van der Waals surface area contributed by atoms with Crippen LogP contribution < -0.4 is 5.32 Å². The molecule has 1 aliphatic rings. The Balaban J connectivity index is 1.60. The molecule has 8 heteroatoms. The van der Waals surface area contributed by atoms with E-state index < -0.39 is 17.3 Å². The second-order valence-electron chi connectivity index (χ2n) is 6.72. The highest BCUT2D eigenvalue weighted by Crippen LogP contribution is 2.36. The Labute approximate surface area is 145 Å². The number of carboxylic acid groups (broad SMARTS) is 1. The highest BCUT2D eigenvalue weighted by Gasteiger charge is 2.40. The second-order valence-corrected chi connectivity index (χ2v) is 6.72. The summed E-state index contributed by atoms with van der Waals surface area (Å²) in [5.74, 6) is -0.751. The van der Waals surface area contributed by atoms with Crippen molar-refractivity contribution in [2.24, 2.45) is 5.41 Å². The second kappa shape index (κ2) is 7.08. The fraction of sp³-hybridized carbons (Fsp3) is 0.529. The first-order valence-electron chi connectivity index (χ1n) is 8.45. The summed E-state index contributed by atoms with van der Waals surface area (Å²) in [5.41, 5.74) is 0.312. The van der Waals surface area contributed by atoms with E-state index in [0.717, 1.165) is 24.8 Å². The summed E-state index contributed by atoms with van der Waals surface area (Å²) in [5, 5.41) is 20.2. The molecular weight excluding hydrogens is 324 g/mol. The van der Waals surface area contributed by atoms with Gasteiger partial charge in [0, 0.05) is 18.8 Å². The van der Waals surface area contributed by atoms with Crippen LogP contribution in [0.5, 0.6) is 0 Å². The molecule has 1 fully saturated rings. The maximum absolute atomic E-state index is 12.3. The van der Waals surface area contributed by atoms with Gasteiger partial charge in [0.2, 0.25) is 0 Å². The van der Waals surface area contributed by atoms with E-state index in [0.29, 0.717) is 25.1 Å². The van der Waals surface area contributed by atoms with Crippen LogP contribution in [0, 0.1) is 12.3 Å². The van der Waals surface area contributed by atoms with Gasteiger partial charge in [0.1, 0.15) is 6.54 Å². The smallest absolute Gasteiger partial charge is 0.311 e. The van der Waals surface area contributed by atoms with Crippen LogP contribution in [-0.4, -0.2) is 38.5 Å². The Morgan fingerprint density at radius 2 is 2.12 bits per heavy atom. The fourth-order valence-corrected chi connectivity index (χ4v) is 3.24. The molecule has 1 amide bonds. The quantitative estimate of drug-likeness (QED) is 0.827. The maximum Gasteiger partial charge on any atom is 0.311 e. The average Bonchev–Trinajstić information content (AvgIpc) is 3.23. The van der Waals surface area contributed by atoms with Gasteiger partial charge in [-0.05, 0) is 25.3 Å². The highest BCUT2D eigenvalue weighted by atomic mass is 16.5. The molecule has 0 bridgehead atoms. The van der Waals surface area contributed by atoms with Gasteiger partial charge in [0.15, 0.2) is 11.5 Å². The van der Waals surface area contributed by atoms with E-state index in [1.165, 1.54) is 0 Å². The van der Waals surface area contributed by atoms with Gasteiger partial charge in [0.25, 0.3) is 5.91 Å². The standard InChI is InChI=1S/C17H22N4O4/c1-12-8-19-21(9-12)10-13-7-14(20-25-13)15(22)18-11-17(16(23)24)5-3-2-4-6-17/h7-9H,2-6,10-11H2,1H3,(H,18,22)(H,23,24). The van der Waals surface area contributed by atoms with Crippen LogP contribution in [0.4, 0.5) is 0 Å². The minimum atomic E-state index is -0.868.